The van der Waals surface area contributed by atoms with Gasteiger partial charge in [0.2, 0.25) is 0 Å². The molecule has 0 amide bonds. The fourth-order valence-electron chi connectivity index (χ4n) is 5.63. The Morgan fingerprint density at radius 1 is 1.05 bits per heavy atom. The quantitative estimate of drug-likeness (QED) is 0.485. The summed E-state index contributed by atoms with van der Waals surface area (Å²) in [4.78, 5) is 4.56. The summed E-state index contributed by atoms with van der Waals surface area (Å²) in [5.41, 5.74) is 2.73. The topological polar surface area (TPSA) is 49.9 Å². The normalized spacial score (nSPS) is 22.7. The van der Waals surface area contributed by atoms with Crippen molar-refractivity contribution in [2.45, 2.75) is 11.8 Å². The average molecular weight is 561 g/mol. The second-order valence-corrected chi connectivity index (χ2v) is 12.7. The van der Waals surface area contributed by atoms with Gasteiger partial charge in [-0.25, -0.2) is 17.2 Å². The molecule has 0 unspecified atom stereocenters. The number of halogens is 3. The number of hydrogen-bond acceptors (Lipinski definition) is 5. The highest BCUT2D eigenvalue weighted by molar-refractivity contribution is 8.00. The van der Waals surface area contributed by atoms with Crippen LogP contribution in [-0.4, -0.2) is 77.0 Å². The Labute approximate surface area is 227 Å². The van der Waals surface area contributed by atoms with E-state index in [1.807, 2.05) is 18.2 Å². The van der Waals surface area contributed by atoms with Crippen LogP contribution < -0.4 is 0 Å². The fourth-order valence-corrected chi connectivity index (χ4v) is 7.15. The monoisotopic (exact) mass is 560 g/mol. The van der Waals surface area contributed by atoms with E-state index < -0.39 is 21.5 Å². The molecule has 5 nitrogen and oxygen atoms in total. The van der Waals surface area contributed by atoms with Crippen molar-refractivity contribution in [3.8, 4) is 0 Å². The maximum Gasteiger partial charge on any atom is 0.176 e. The van der Waals surface area contributed by atoms with E-state index in [0.29, 0.717) is 25.2 Å². The third-order valence-electron chi connectivity index (χ3n) is 7.42. The van der Waals surface area contributed by atoms with Crippen LogP contribution in [0, 0.1) is 11.6 Å². The maximum absolute atomic E-state index is 13.8. The van der Waals surface area contributed by atoms with Crippen LogP contribution in [0.5, 0.6) is 0 Å². The number of likely N-dealkylation sites (tertiary alicyclic amines) is 1. The van der Waals surface area contributed by atoms with Crippen molar-refractivity contribution >= 4 is 26.3 Å². The number of hydrogen-bond donors (Lipinski definition) is 0. The zero-order valence-electron chi connectivity index (χ0n) is 21.3. The third-order valence-corrected chi connectivity index (χ3v) is 9.01. The molecule has 2 aliphatic heterocycles. The molecule has 5 rings (SSSR count). The molecule has 3 aliphatic rings. The number of nitrogens with zero attached hydrogens (tertiary/aromatic N) is 2. The maximum atomic E-state index is 13.8. The van der Waals surface area contributed by atoms with Gasteiger partial charge in [-0.2, -0.15) is 0 Å². The second-order valence-electron chi connectivity index (χ2n) is 10.3. The zero-order valence-corrected chi connectivity index (χ0v) is 22.9. The van der Waals surface area contributed by atoms with Gasteiger partial charge in [0.15, 0.2) is 9.84 Å². The molecule has 0 N–H and O–H groups in total. The van der Waals surface area contributed by atoms with Crippen LogP contribution in [0.15, 0.2) is 71.8 Å². The first kappa shape index (κ1) is 27.2. The Balaban J connectivity index is 1.32. The van der Waals surface area contributed by atoms with Gasteiger partial charge in [0.1, 0.15) is 11.6 Å². The van der Waals surface area contributed by atoms with Crippen molar-refractivity contribution < 1.29 is 21.9 Å². The first-order valence-corrected chi connectivity index (χ1v) is 14.9. The van der Waals surface area contributed by atoms with Gasteiger partial charge >= 0.3 is 0 Å². The summed E-state index contributed by atoms with van der Waals surface area (Å²) in [6, 6.07) is 10.9. The lowest BCUT2D eigenvalue weighted by Gasteiger charge is -2.41. The van der Waals surface area contributed by atoms with Gasteiger partial charge in [0.05, 0.1) is 18.1 Å². The van der Waals surface area contributed by atoms with Crippen LogP contribution in [0.25, 0.3) is 4.91 Å². The molecule has 202 valence electrons. The summed E-state index contributed by atoms with van der Waals surface area (Å²) in [7, 11) is -3.67. The second kappa shape index (κ2) is 11.0. The fraction of sp³-hybridized carbons (Fsp3) is 0.379. The van der Waals surface area contributed by atoms with Gasteiger partial charge in [-0.3, -0.25) is 9.80 Å². The molecule has 2 heterocycles. The van der Waals surface area contributed by atoms with Crippen LogP contribution >= 0.6 is 11.6 Å². The van der Waals surface area contributed by atoms with E-state index in [1.165, 1.54) is 0 Å². The van der Waals surface area contributed by atoms with Crippen LogP contribution in [0.2, 0.25) is 5.02 Å². The SMILES string of the molecule is CS(=O)(=O)C(=C1CN(CC2=CC[C@](CN3CCOCC3)(c3ccccc3Cl)C=C2)C1)c1cc(F)cc(F)c1. The van der Waals surface area contributed by atoms with E-state index in [1.54, 1.807) is 0 Å². The van der Waals surface area contributed by atoms with Gasteiger partial charge in [0, 0.05) is 62.0 Å². The molecule has 2 fully saturated rings. The highest BCUT2D eigenvalue weighted by atomic mass is 35.5. The first-order valence-electron chi connectivity index (χ1n) is 12.7. The number of sulfone groups is 1. The number of morpholine rings is 1. The molecule has 0 radical (unpaired) electrons. The number of ether oxygens (including phenoxy) is 1. The molecule has 0 saturated carbocycles. The largest absolute Gasteiger partial charge is 0.379 e. The Kier molecular flexibility index (Phi) is 7.89. The highest BCUT2D eigenvalue weighted by Gasteiger charge is 2.36. The van der Waals surface area contributed by atoms with Crippen LogP contribution in [0.4, 0.5) is 8.78 Å². The molecule has 38 heavy (non-hydrogen) atoms. The van der Waals surface area contributed by atoms with Gasteiger partial charge < -0.3 is 4.74 Å². The van der Waals surface area contributed by atoms with Crippen molar-refractivity contribution in [3.05, 3.63) is 99.6 Å². The standard InChI is InChI=1S/C29H31ClF2N2O3S/c1-38(35,36)28(22-14-24(31)16-25(32)15-22)23-18-34(19-23)17-21-6-8-29(9-7-21,20-33-10-12-37-13-11-33)26-4-2-3-5-27(26)30/h2-8,14-16H,9-13,17-20H2,1H3/t29-/m1/s1. The molecule has 0 aromatic heterocycles. The molecule has 2 saturated heterocycles. The first-order chi connectivity index (χ1) is 18.1. The molecular formula is C29H31ClF2N2O3S. The summed E-state index contributed by atoms with van der Waals surface area (Å²) < 4.78 is 58.2. The lowest BCUT2D eigenvalue weighted by Crippen LogP contribution is -2.46. The predicted molar refractivity (Wildman–Crippen MR) is 147 cm³/mol. The van der Waals surface area contributed by atoms with E-state index in [4.69, 9.17) is 16.3 Å². The highest BCUT2D eigenvalue weighted by Crippen LogP contribution is 2.39. The smallest absolute Gasteiger partial charge is 0.176 e. The summed E-state index contributed by atoms with van der Waals surface area (Å²) in [6.45, 7) is 5.58. The number of allylic oxidation sites excluding steroid dienone is 1. The number of benzene rings is 2. The van der Waals surface area contributed by atoms with E-state index in [-0.39, 0.29) is 15.9 Å². The summed E-state index contributed by atoms with van der Waals surface area (Å²) in [5, 5.41) is 0.752. The third kappa shape index (κ3) is 5.95. The summed E-state index contributed by atoms with van der Waals surface area (Å²) in [6.07, 6.45) is 8.52. The van der Waals surface area contributed by atoms with Crippen LogP contribution in [0.3, 0.4) is 0 Å². The molecule has 0 spiro atoms. The summed E-state index contributed by atoms with van der Waals surface area (Å²) in [5.74, 6) is -1.59. The Morgan fingerprint density at radius 2 is 1.74 bits per heavy atom. The molecule has 0 bridgehead atoms. The minimum absolute atomic E-state index is 0.0172. The Morgan fingerprint density at radius 3 is 2.34 bits per heavy atom. The zero-order chi connectivity index (χ0) is 26.9. The van der Waals surface area contributed by atoms with Crippen molar-refractivity contribution in [2.24, 2.45) is 0 Å². The van der Waals surface area contributed by atoms with Crippen molar-refractivity contribution in [1.29, 1.82) is 0 Å². The molecule has 1 aliphatic carbocycles. The molecule has 2 aromatic rings. The van der Waals surface area contributed by atoms with Crippen molar-refractivity contribution in [3.63, 3.8) is 0 Å². The number of rotatable bonds is 7. The van der Waals surface area contributed by atoms with Crippen LogP contribution in [0.1, 0.15) is 17.5 Å². The molecular weight excluding hydrogens is 530 g/mol. The van der Waals surface area contributed by atoms with Crippen LogP contribution in [-0.2, 0) is 20.0 Å². The van der Waals surface area contributed by atoms with E-state index in [9.17, 15) is 17.2 Å². The molecule has 1 atom stereocenters. The van der Waals surface area contributed by atoms with Gasteiger partial charge in [0.25, 0.3) is 0 Å². The lowest BCUT2D eigenvalue weighted by atomic mass is 9.73. The van der Waals surface area contributed by atoms with E-state index in [2.05, 4.69) is 34.1 Å². The minimum atomic E-state index is -3.67. The summed E-state index contributed by atoms with van der Waals surface area (Å²) >= 11 is 6.66. The van der Waals surface area contributed by atoms with Gasteiger partial charge in [-0.15, -0.1) is 0 Å². The molecule has 9 heteroatoms. The minimum Gasteiger partial charge on any atom is -0.379 e. The van der Waals surface area contributed by atoms with E-state index >= 15 is 0 Å². The Hall–Kier alpha value is -2.36. The predicted octanol–water partition coefficient (Wildman–Crippen LogP) is 4.85. The van der Waals surface area contributed by atoms with E-state index in [0.717, 1.165) is 79.9 Å². The average Bonchev–Trinajstić information content (AvgIpc) is 2.83. The van der Waals surface area contributed by atoms with Gasteiger partial charge in [-0.1, -0.05) is 48.0 Å². The molecule has 2 aromatic carbocycles. The Bertz CT molecular complexity index is 1390. The van der Waals surface area contributed by atoms with Gasteiger partial charge in [-0.05, 0) is 46.9 Å². The lowest BCUT2D eigenvalue weighted by molar-refractivity contribution is 0.0304. The van der Waals surface area contributed by atoms with Crippen molar-refractivity contribution in [2.75, 3.05) is 58.7 Å². The van der Waals surface area contributed by atoms with Crippen molar-refractivity contribution in [1.82, 2.24) is 9.80 Å².